The van der Waals surface area contributed by atoms with Gasteiger partial charge in [0.05, 0.1) is 17.6 Å². The molecule has 0 heterocycles. The van der Waals surface area contributed by atoms with Crippen molar-refractivity contribution < 1.29 is 0 Å². The molecule has 3 aliphatic rings. The van der Waals surface area contributed by atoms with Crippen molar-refractivity contribution in [3.63, 3.8) is 0 Å². The molecule has 48 heavy (non-hydrogen) atoms. The number of hydrazone groups is 1. The molecule has 3 heteroatoms. The summed E-state index contributed by atoms with van der Waals surface area (Å²) in [6, 6.07) is 36.8. The number of fused-ring (bicyclic) bond motifs is 1. The highest BCUT2D eigenvalue weighted by Gasteiger charge is 2.20. The van der Waals surface area contributed by atoms with Crippen LogP contribution in [0.25, 0.3) is 5.57 Å². The molecule has 0 saturated carbocycles. The Kier molecular flexibility index (Phi) is 9.75. The van der Waals surface area contributed by atoms with Crippen molar-refractivity contribution in [3.8, 4) is 0 Å². The normalized spacial score (nSPS) is 17.4. The predicted molar refractivity (Wildman–Crippen MR) is 205 cm³/mol. The molecule has 4 aromatic carbocycles. The third-order valence-corrected chi connectivity index (χ3v) is 9.30. The lowest BCUT2D eigenvalue weighted by molar-refractivity contribution is 0.685. The van der Waals surface area contributed by atoms with E-state index in [0.717, 1.165) is 48.3 Å². The Labute approximate surface area is 285 Å². The fraction of sp³-hybridized carbons (Fsp3) is 0.178. The van der Waals surface area contributed by atoms with E-state index >= 15 is 0 Å². The zero-order valence-electron chi connectivity index (χ0n) is 27.8. The van der Waals surface area contributed by atoms with E-state index in [1.807, 2.05) is 17.3 Å². The Balaban J connectivity index is 1.28. The van der Waals surface area contributed by atoms with Crippen molar-refractivity contribution in [1.82, 2.24) is 0 Å². The molecule has 3 aliphatic carbocycles. The predicted octanol–water partition coefficient (Wildman–Crippen LogP) is 11.5. The van der Waals surface area contributed by atoms with Gasteiger partial charge in [0.2, 0.25) is 0 Å². The second-order valence-electron chi connectivity index (χ2n) is 12.8. The minimum absolute atomic E-state index is 0.557. The lowest BCUT2D eigenvalue weighted by Crippen LogP contribution is -2.16. The molecular weight excluding hydrogens is 583 g/mol. The van der Waals surface area contributed by atoms with Crippen LogP contribution >= 0.6 is 0 Å². The number of nitrogens with zero attached hydrogens (tertiary/aromatic N) is 3. The maximum atomic E-state index is 4.99. The highest BCUT2D eigenvalue weighted by atomic mass is 15.5. The maximum Gasteiger partial charge on any atom is 0.0652 e. The Morgan fingerprint density at radius 1 is 0.771 bits per heavy atom. The summed E-state index contributed by atoms with van der Waals surface area (Å²) >= 11 is 0. The molecule has 0 saturated heterocycles. The molecule has 0 aromatic heterocycles. The lowest BCUT2D eigenvalue weighted by atomic mass is 9.89. The highest BCUT2D eigenvalue weighted by molar-refractivity contribution is 5.87. The summed E-state index contributed by atoms with van der Waals surface area (Å²) < 4.78 is 0. The average molecular weight is 626 g/mol. The number of para-hydroxylation sites is 1. The van der Waals surface area contributed by atoms with Crippen molar-refractivity contribution in [3.05, 3.63) is 191 Å². The third kappa shape index (κ3) is 7.26. The van der Waals surface area contributed by atoms with Gasteiger partial charge in [-0.3, -0.25) is 0 Å². The summed E-state index contributed by atoms with van der Waals surface area (Å²) in [7, 11) is 0. The van der Waals surface area contributed by atoms with Crippen LogP contribution < -0.4 is 9.91 Å². The summed E-state index contributed by atoms with van der Waals surface area (Å²) in [5, 5.41) is 6.99. The molecule has 0 amide bonds. The largest absolute Gasteiger partial charge is 0.316 e. The smallest absolute Gasteiger partial charge is 0.0652 e. The van der Waals surface area contributed by atoms with E-state index in [0.29, 0.717) is 5.92 Å². The van der Waals surface area contributed by atoms with E-state index in [-0.39, 0.29) is 0 Å². The molecule has 0 N–H and O–H groups in total. The van der Waals surface area contributed by atoms with Gasteiger partial charge in [0.1, 0.15) is 0 Å². The Hall–Kier alpha value is -5.41. The molecule has 4 aromatic rings. The molecule has 238 valence electrons. The van der Waals surface area contributed by atoms with Gasteiger partial charge in [-0.15, -0.1) is 0 Å². The summed E-state index contributed by atoms with van der Waals surface area (Å²) in [4.78, 5) is 2.42. The van der Waals surface area contributed by atoms with Crippen molar-refractivity contribution in [1.29, 1.82) is 0 Å². The van der Waals surface area contributed by atoms with Crippen LogP contribution in [0.5, 0.6) is 0 Å². The molecular formula is C45H43N3. The number of aryl methyl sites for hydroxylation is 1. The summed E-state index contributed by atoms with van der Waals surface area (Å²) in [5.41, 5.74) is 12.2. The lowest BCUT2D eigenvalue weighted by Gasteiger charge is -2.29. The van der Waals surface area contributed by atoms with Gasteiger partial charge < -0.3 is 4.90 Å². The van der Waals surface area contributed by atoms with Gasteiger partial charge in [-0.25, -0.2) is 5.01 Å². The second kappa shape index (κ2) is 15.0. The van der Waals surface area contributed by atoms with E-state index in [2.05, 4.69) is 164 Å². The van der Waals surface area contributed by atoms with Crippen LogP contribution in [-0.2, 0) is 12.8 Å². The van der Waals surface area contributed by atoms with E-state index in [4.69, 9.17) is 5.10 Å². The molecule has 1 unspecified atom stereocenters. The van der Waals surface area contributed by atoms with Crippen LogP contribution in [0.3, 0.4) is 0 Å². The summed E-state index contributed by atoms with van der Waals surface area (Å²) in [5.74, 6) is 0.557. The minimum Gasteiger partial charge on any atom is -0.316 e. The SMILES string of the molecule is CC1C=CC(/C(=C\N(c2ccc(/C=N/N(C3=CC=CCC=C3)c3ccccc3)cc2)c2cccc3c2CCCC3)c2ccccc2)=CC1. The quantitative estimate of drug-likeness (QED) is 0.136. The highest BCUT2D eigenvalue weighted by Crippen LogP contribution is 2.38. The first-order valence-electron chi connectivity index (χ1n) is 17.3. The summed E-state index contributed by atoms with van der Waals surface area (Å²) in [6.07, 6.45) is 28.8. The molecule has 0 fully saturated rings. The van der Waals surface area contributed by atoms with Gasteiger partial charge in [0.25, 0.3) is 0 Å². The van der Waals surface area contributed by atoms with Gasteiger partial charge in [0.15, 0.2) is 0 Å². The van der Waals surface area contributed by atoms with E-state index in [9.17, 15) is 0 Å². The van der Waals surface area contributed by atoms with Crippen LogP contribution in [0.15, 0.2) is 174 Å². The van der Waals surface area contributed by atoms with Crippen molar-refractivity contribution in [2.45, 2.75) is 45.4 Å². The monoisotopic (exact) mass is 625 g/mol. The molecule has 7 rings (SSSR count). The van der Waals surface area contributed by atoms with E-state index in [1.54, 1.807) is 0 Å². The number of anilines is 3. The standard InChI is InChI=1S/C45H43N3/c1-35-25-29-39(30-26-35)44(38-15-6-4-7-16-38)34-47(45-24-14-18-37-17-12-13-23-43(37)45)40-31-27-36(28-32-40)33-46-48(42-21-10-5-11-22-42)41-19-8-2-3-9-20-41/h2,4-11,14-16,18-22,24-25,27-35H,3,12-13,17,23,26H2,1H3/b44-34-,46-33+. The maximum absolute atomic E-state index is 4.99. The Morgan fingerprint density at radius 3 is 2.35 bits per heavy atom. The molecule has 0 spiro atoms. The number of hydrogen-bond acceptors (Lipinski definition) is 3. The van der Waals surface area contributed by atoms with Crippen LogP contribution in [0, 0.1) is 5.92 Å². The number of rotatable bonds is 9. The third-order valence-electron chi connectivity index (χ3n) is 9.30. The van der Waals surface area contributed by atoms with Gasteiger partial charge in [-0.1, -0.05) is 116 Å². The molecule has 3 nitrogen and oxygen atoms in total. The van der Waals surface area contributed by atoms with Crippen LogP contribution in [0.2, 0.25) is 0 Å². The first-order chi connectivity index (χ1) is 23.7. The Morgan fingerprint density at radius 2 is 1.56 bits per heavy atom. The number of benzene rings is 4. The van der Waals surface area contributed by atoms with Gasteiger partial charge in [-0.05, 0) is 115 Å². The number of hydrogen-bond donors (Lipinski definition) is 0. The topological polar surface area (TPSA) is 18.8 Å². The second-order valence-corrected chi connectivity index (χ2v) is 12.8. The van der Waals surface area contributed by atoms with Crippen LogP contribution in [0.4, 0.5) is 17.1 Å². The fourth-order valence-corrected chi connectivity index (χ4v) is 6.67. The van der Waals surface area contributed by atoms with Crippen molar-refractivity contribution in [2.75, 3.05) is 9.91 Å². The van der Waals surface area contributed by atoms with Crippen LogP contribution in [-0.4, -0.2) is 6.21 Å². The van der Waals surface area contributed by atoms with Crippen molar-refractivity contribution >= 4 is 28.8 Å². The van der Waals surface area contributed by atoms with Crippen LogP contribution in [0.1, 0.15) is 54.9 Å². The van der Waals surface area contributed by atoms with Gasteiger partial charge >= 0.3 is 0 Å². The average Bonchev–Trinajstić information content (AvgIpc) is 3.44. The van der Waals surface area contributed by atoms with Gasteiger partial charge in [-0.2, -0.15) is 5.10 Å². The first kappa shape index (κ1) is 31.2. The minimum atomic E-state index is 0.557. The summed E-state index contributed by atoms with van der Waals surface area (Å²) in [6.45, 7) is 2.28. The van der Waals surface area contributed by atoms with Crippen molar-refractivity contribution in [2.24, 2.45) is 11.0 Å². The Bertz CT molecular complexity index is 1920. The first-order valence-corrected chi connectivity index (χ1v) is 17.3. The van der Waals surface area contributed by atoms with E-state index in [1.165, 1.54) is 46.4 Å². The van der Waals surface area contributed by atoms with E-state index < -0.39 is 0 Å². The molecule has 0 aliphatic heterocycles. The van der Waals surface area contributed by atoms with Gasteiger partial charge in [0, 0.05) is 23.1 Å². The molecule has 0 bridgehead atoms. The zero-order chi connectivity index (χ0) is 32.5. The number of allylic oxidation sites excluding steroid dienone is 10. The molecule has 1 atom stereocenters. The fourth-order valence-electron chi connectivity index (χ4n) is 6.67. The molecule has 0 radical (unpaired) electrons. The zero-order valence-corrected chi connectivity index (χ0v) is 27.8.